The Morgan fingerprint density at radius 1 is 1.67 bits per heavy atom. The van der Waals surface area contributed by atoms with Gasteiger partial charge in [-0.2, -0.15) is 0 Å². The van der Waals surface area contributed by atoms with Gasteiger partial charge in [-0.25, -0.2) is 0 Å². The van der Waals surface area contributed by atoms with E-state index in [1.807, 2.05) is 13.8 Å². The third kappa shape index (κ3) is 3.44. The molecule has 0 saturated carbocycles. The summed E-state index contributed by atoms with van der Waals surface area (Å²) in [6.07, 6.45) is 0.560. The second-order valence-corrected chi connectivity index (χ2v) is 4.51. The number of hydrogen-bond acceptors (Lipinski definition) is 4. The predicted molar refractivity (Wildman–Crippen MR) is 56.2 cm³/mol. The number of amides is 1. The Morgan fingerprint density at radius 2 is 2.33 bits per heavy atom. The zero-order chi connectivity index (χ0) is 11.5. The van der Waals surface area contributed by atoms with E-state index in [-0.39, 0.29) is 25.0 Å². The molecule has 88 valence electrons. The molecule has 1 heterocycles. The molecule has 15 heavy (non-hydrogen) atoms. The summed E-state index contributed by atoms with van der Waals surface area (Å²) in [5, 5.41) is 12.5. The first-order valence-electron chi connectivity index (χ1n) is 5.28. The van der Waals surface area contributed by atoms with Crippen LogP contribution < -0.4 is 11.1 Å². The summed E-state index contributed by atoms with van der Waals surface area (Å²) in [5.74, 6) is -0.121. The van der Waals surface area contributed by atoms with E-state index in [0.29, 0.717) is 13.0 Å². The number of nitrogens with one attached hydrogen (secondary N) is 1. The summed E-state index contributed by atoms with van der Waals surface area (Å²) in [4.78, 5) is 11.5. The topological polar surface area (TPSA) is 84.6 Å². The van der Waals surface area contributed by atoms with Crippen molar-refractivity contribution in [3.8, 4) is 0 Å². The van der Waals surface area contributed by atoms with Gasteiger partial charge in [0.15, 0.2) is 0 Å². The highest BCUT2D eigenvalue weighted by atomic mass is 16.5. The number of nitrogens with two attached hydrogens (primary N) is 1. The van der Waals surface area contributed by atoms with Crippen molar-refractivity contribution in [2.24, 2.45) is 11.7 Å². The van der Waals surface area contributed by atoms with E-state index in [1.165, 1.54) is 0 Å². The lowest BCUT2D eigenvalue weighted by Gasteiger charge is -2.22. The summed E-state index contributed by atoms with van der Waals surface area (Å²) in [6, 6.07) is -0.518. The Balaban J connectivity index is 2.33. The molecule has 5 heteroatoms. The molecule has 4 N–H and O–H groups in total. The van der Waals surface area contributed by atoms with Crippen LogP contribution in [0, 0.1) is 5.92 Å². The first kappa shape index (κ1) is 12.4. The van der Waals surface area contributed by atoms with Gasteiger partial charge in [-0.15, -0.1) is 0 Å². The normalized spacial score (nSPS) is 28.1. The predicted octanol–water partition coefficient (Wildman–Crippen LogP) is -0.763. The van der Waals surface area contributed by atoms with Crippen LogP contribution in [-0.4, -0.2) is 42.4 Å². The summed E-state index contributed by atoms with van der Waals surface area (Å²) in [7, 11) is 0. The Bertz CT molecular complexity index is 225. The van der Waals surface area contributed by atoms with E-state index >= 15 is 0 Å². The van der Waals surface area contributed by atoms with Gasteiger partial charge in [-0.3, -0.25) is 4.79 Å². The van der Waals surface area contributed by atoms with Gasteiger partial charge in [0, 0.05) is 19.6 Å². The average molecular weight is 216 g/mol. The van der Waals surface area contributed by atoms with Crippen molar-refractivity contribution in [3.05, 3.63) is 0 Å². The van der Waals surface area contributed by atoms with E-state index < -0.39 is 11.6 Å². The minimum absolute atomic E-state index is 0.0967. The molecule has 2 unspecified atom stereocenters. The monoisotopic (exact) mass is 216 g/mol. The van der Waals surface area contributed by atoms with E-state index in [0.717, 1.165) is 0 Å². The Morgan fingerprint density at radius 3 is 2.80 bits per heavy atom. The SMILES string of the molecule is CC(C)C(N)C(=O)NCC1(O)CCOC1. The van der Waals surface area contributed by atoms with Crippen molar-refractivity contribution >= 4 is 5.91 Å². The van der Waals surface area contributed by atoms with Crippen molar-refractivity contribution in [1.82, 2.24) is 5.32 Å². The zero-order valence-corrected chi connectivity index (χ0v) is 9.32. The number of ether oxygens (including phenoxy) is 1. The maximum Gasteiger partial charge on any atom is 0.237 e. The lowest BCUT2D eigenvalue weighted by atomic mass is 10.0. The molecule has 1 rings (SSSR count). The molecule has 0 aliphatic carbocycles. The van der Waals surface area contributed by atoms with Crippen molar-refractivity contribution in [1.29, 1.82) is 0 Å². The lowest BCUT2D eigenvalue weighted by Crippen LogP contribution is -2.50. The second kappa shape index (κ2) is 4.92. The first-order valence-corrected chi connectivity index (χ1v) is 5.28. The van der Waals surface area contributed by atoms with Gasteiger partial charge in [0.1, 0.15) is 5.60 Å². The highest BCUT2D eigenvalue weighted by Crippen LogP contribution is 2.16. The van der Waals surface area contributed by atoms with Crippen LogP contribution in [0.1, 0.15) is 20.3 Å². The third-order valence-corrected chi connectivity index (χ3v) is 2.70. The zero-order valence-electron chi connectivity index (χ0n) is 9.32. The highest BCUT2D eigenvalue weighted by molar-refractivity contribution is 5.81. The van der Waals surface area contributed by atoms with Crippen LogP contribution in [0.3, 0.4) is 0 Å². The van der Waals surface area contributed by atoms with Crippen LogP contribution in [0.4, 0.5) is 0 Å². The number of aliphatic hydroxyl groups is 1. The van der Waals surface area contributed by atoms with E-state index in [4.69, 9.17) is 10.5 Å². The van der Waals surface area contributed by atoms with Crippen LogP contribution in [0.5, 0.6) is 0 Å². The van der Waals surface area contributed by atoms with Gasteiger partial charge in [0.25, 0.3) is 0 Å². The molecule has 0 bridgehead atoms. The van der Waals surface area contributed by atoms with Crippen molar-refractivity contribution in [2.45, 2.75) is 31.9 Å². The van der Waals surface area contributed by atoms with Crippen LogP contribution in [0.25, 0.3) is 0 Å². The standard InChI is InChI=1S/C10H20N2O3/c1-7(2)8(11)9(13)12-5-10(14)3-4-15-6-10/h7-8,14H,3-6,11H2,1-2H3,(H,12,13). The fourth-order valence-electron chi connectivity index (χ4n) is 1.41. The summed E-state index contributed by atoms with van der Waals surface area (Å²) < 4.78 is 5.07. The molecular formula is C10H20N2O3. The molecule has 1 saturated heterocycles. The van der Waals surface area contributed by atoms with Crippen molar-refractivity contribution < 1.29 is 14.6 Å². The van der Waals surface area contributed by atoms with Gasteiger partial charge in [-0.05, 0) is 5.92 Å². The Kier molecular flexibility index (Phi) is 4.07. The molecule has 1 amide bonds. The average Bonchev–Trinajstić information content (AvgIpc) is 2.61. The van der Waals surface area contributed by atoms with Crippen LogP contribution in [-0.2, 0) is 9.53 Å². The molecule has 0 spiro atoms. The molecule has 0 aromatic rings. The fourth-order valence-corrected chi connectivity index (χ4v) is 1.41. The Labute approximate surface area is 90.0 Å². The van der Waals surface area contributed by atoms with E-state index in [2.05, 4.69) is 5.32 Å². The molecule has 1 aliphatic rings. The number of carbonyl (C=O) groups is 1. The highest BCUT2D eigenvalue weighted by Gasteiger charge is 2.33. The third-order valence-electron chi connectivity index (χ3n) is 2.70. The summed E-state index contributed by atoms with van der Waals surface area (Å²) >= 11 is 0. The number of hydrogen-bond donors (Lipinski definition) is 3. The molecule has 0 aromatic heterocycles. The maximum absolute atomic E-state index is 11.5. The smallest absolute Gasteiger partial charge is 0.237 e. The molecule has 2 atom stereocenters. The molecule has 1 fully saturated rings. The van der Waals surface area contributed by atoms with Gasteiger partial charge < -0.3 is 20.9 Å². The van der Waals surface area contributed by atoms with Gasteiger partial charge in [0.2, 0.25) is 5.91 Å². The number of carbonyl (C=O) groups excluding carboxylic acids is 1. The van der Waals surface area contributed by atoms with Crippen LogP contribution in [0.2, 0.25) is 0 Å². The van der Waals surface area contributed by atoms with Gasteiger partial charge >= 0.3 is 0 Å². The number of rotatable bonds is 4. The van der Waals surface area contributed by atoms with Crippen LogP contribution in [0.15, 0.2) is 0 Å². The molecule has 5 nitrogen and oxygen atoms in total. The van der Waals surface area contributed by atoms with Gasteiger partial charge in [0.05, 0.1) is 12.6 Å². The molecular weight excluding hydrogens is 196 g/mol. The second-order valence-electron chi connectivity index (χ2n) is 4.51. The Hall–Kier alpha value is -0.650. The van der Waals surface area contributed by atoms with Crippen molar-refractivity contribution in [3.63, 3.8) is 0 Å². The quantitative estimate of drug-likeness (QED) is 0.576. The first-order chi connectivity index (χ1) is 6.94. The summed E-state index contributed by atoms with van der Waals surface area (Å²) in [5.41, 5.74) is 4.75. The summed E-state index contributed by atoms with van der Waals surface area (Å²) in [6.45, 7) is 4.81. The maximum atomic E-state index is 11.5. The minimum atomic E-state index is -0.910. The molecule has 1 aliphatic heterocycles. The van der Waals surface area contributed by atoms with Crippen molar-refractivity contribution in [2.75, 3.05) is 19.8 Å². The van der Waals surface area contributed by atoms with E-state index in [1.54, 1.807) is 0 Å². The molecule has 0 radical (unpaired) electrons. The van der Waals surface area contributed by atoms with E-state index in [9.17, 15) is 9.90 Å². The lowest BCUT2D eigenvalue weighted by molar-refractivity contribution is -0.124. The minimum Gasteiger partial charge on any atom is -0.386 e. The van der Waals surface area contributed by atoms with Crippen LogP contribution >= 0.6 is 0 Å². The largest absolute Gasteiger partial charge is 0.386 e. The molecule has 0 aromatic carbocycles. The fraction of sp³-hybridized carbons (Fsp3) is 0.900. The van der Waals surface area contributed by atoms with Gasteiger partial charge in [-0.1, -0.05) is 13.8 Å².